The number of rotatable bonds is 3. The van der Waals surface area contributed by atoms with E-state index < -0.39 is 32.4 Å². The molecule has 3 aromatic rings. The molecule has 22 heavy (non-hydrogen) atoms. The SMILES string of the molecule is O=c1[nH]c2cc(F)c(S(=O)(=O)Nc3cccc(F)n3)cc2o1. The molecule has 0 spiro atoms. The Kier molecular flexibility index (Phi) is 3.17. The van der Waals surface area contributed by atoms with Crippen LogP contribution in [0.5, 0.6) is 0 Å². The summed E-state index contributed by atoms with van der Waals surface area (Å²) >= 11 is 0. The first kappa shape index (κ1) is 14.2. The first-order chi connectivity index (χ1) is 10.3. The summed E-state index contributed by atoms with van der Waals surface area (Å²) in [6.45, 7) is 0. The van der Waals surface area contributed by atoms with E-state index in [1.807, 2.05) is 4.72 Å². The third-order valence-corrected chi connectivity index (χ3v) is 4.09. The first-order valence-corrected chi connectivity index (χ1v) is 7.31. The minimum absolute atomic E-state index is 0.0188. The van der Waals surface area contributed by atoms with Gasteiger partial charge in [0.1, 0.15) is 16.5 Å². The quantitative estimate of drug-likeness (QED) is 0.711. The van der Waals surface area contributed by atoms with E-state index in [-0.39, 0.29) is 16.9 Å². The van der Waals surface area contributed by atoms with Gasteiger partial charge in [0.15, 0.2) is 5.58 Å². The molecule has 0 saturated heterocycles. The summed E-state index contributed by atoms with van der Waals surface area (Å²) in [7, 11) is -4.37. The van der Waals surface area contributed by atoms with Gasteiger partial charge in [0.2, 0.25) is 5.95 Å². The van der Waals surface area contributed by atoms with E-state index in [9.17, 15) is 22.0 Å². The standard InChI is InChI=1S/C12H7F2N3O4S/c13-6-4-7-8(21-12(18)15-7)5-9(6)22(19,20)17-11-3-1-2-10(14)16-11/h1-5H,(H,15,18)(H,16,17). The highest BCUT2D eigenvalue weighted by Gasteiger charge is 2.22. The molecule has 0 unspecified atom stereocenters. The third kappa shape index (κ3) is 2.55. The molecule has 10 heteroatoms. The van der Waals surface area contributed by atoms with Crippen molar-refractivity contribution in [2.45, 2.75) is 4.90 Å². The Morgan fingerprint density at radius 2 is 2.00 bits per heavy atom. The number of pyridine rings is 1. The van der Waals surface area contributed by atoms with Gasteiger partial charge in [-0.1, -0.05) is 6.07 Å². The van der Waals surface area contributed by atoms with E-state index in [4.69, 9.17) is 0 Å². The molecule has 0 aliphatic rings. The van der Waals surface area contributed by atoms with E-state index in [0.29, 0.717) is 0 Å². The van der Waals surface area contributed by atoms with Gasteiger partial charge in [-0.05, 0) is 12.1 Å². The number of oxazole rings is 1. The summed E-state index contributed by atoms with van der Waals surface area (Å²) in [6, 6.07) is 5.13. The average Bonchev–Trinajstić information content (AvgIpc) is 2.76. The maximum Gasteiger partial charge on any atom is 0.417 e. The van der Waals surface area contributed by atoms with Crippen molar-refractivity contribution in [2.24, 2.45) is 0 Å². The average molecular weight is 327 g/mol. The molecule has 114 valence electrons. The number of nitrogens with one attached hydrogen (secondary N) is 2. The van der Waals surface area contributed by atoms with E-state index in [1.54, 1.807) is 0 Å². The largest absolute Gasteiger partial charge is 0.417 e. The summed E-state index contributed by atoms with van der Waals surface area (Å²) in [4.78, 5) is 15.8. The Balaban J connectivity index is 2.08. The molecule has 2 N–H and O–H groups in total. The molecule has 2 aromatic heterocycles. The predicted molar refractivity (Wildman–Crippen MR) is 71.8 cm³/mol. The number of sulfonamides is 1. The van der Waals surface area contributed by atoms with Crippen molar-refractivity contribution in [1.82, 2.24) is 9.97 Å². The van der Waals surface area contributed by atoms with Crippen molar-refractivity contribution in [2.75, 3.05) is 4.72 Å². The van der Waals surface area contributed by atoms with Gasteiger partial charge in [-0.15, -0.1) is 0 Å². The molecule has 0 amide bonds. The van der Waals surface area contributed by atoms with Crippen LogP contribution in [-0.4, -0.2) is 18.4 Å². The molecule has 0 fully saturated rings. The zero-order valence-electron chi connectivity index (χ0n) is 10.6. The number of halogens is 2. The molecular formula is C12H7F2N3O4S. The summed E-state index contributed by atoms with van der Waals surface area (Å²) in [5.41, 5.74) is -0.107. The molecule has 0 aliphatic heterocycles. The van der Waals surface area contributed by atoms with Crippen LogP contribution in [0.4, 0.5) is 14.6 Å². The molecule has 0 aliphatic carbocycles. The van der Waals surface area contributed by atoms with E-state index in [2.05, 4.69) is 14.4 Å². The van der Waals surface area contributed by atoms with Crippen LogP contribution >= 0.6 is 0 Å². The topological polar surface area (TPSA) is 105 Å². The number of anilines is 1. The number of nitrogens with zero attached hydrogens (tertiary/aromatic N) is 1. The van der Waals surface area contributed by atoms with Crippen LogP contribution in [0.3, 0.4) is 0 Å². The molecule has 2 heterocycles. The monoisotopic (exact) mass is 327 g/mol. The zero-order valence-corrected chi connectivity index (χ0v) is 11.4. The van der Waals surface area contributed by atoms with E-state index in [1.165, 1.54) is 12.1 Å². The van der Waals surface area contributed by atoms with Crippen LogP contribution in [0.2, 0.25) is 0 Å². The van der Waals surface area contributed by atoms with Crippen LogP contribution in [0.25, 0.3) is 11.1 Å². The normalized spacial score (nSPS) is 11.7. The summed E-state index contributed by atoms with van der Waals surface area (Å²) in [6.07, 6.45) is 0. The van der Waals surface area contributed by atoms with Crippen molar-refractivity contribution >= 4 is 26.9 Å². The Labute approximate surface area is 121 Å². The van der Waals surface area contributed by atoms with E-state index in [0.717, 1.165) is 18.2 Å². The summed E-state index contributed by atoms with van der Waals surface area (Å²) in [5, 5.41) is 0. The fraction of sp³-hybridized carbons (Fsp3) is 0. The van der Waals surface area contributed by atoms with Crippen molar-refractivity contribution in [3.63, 3.8) is 0 Å². The maximum absolute atomic E-state index is 13.9. The minimum Gasteiger partial charge on any atom is -0.408 e. The number of aromatic amines is 1. The highest BCUT2D eigenvalue weighted by Crippen LogP contribution is 2.22. The number of H-pyrrole nitrogens is 1. The minimum atomic E-state index is -4.37. The maximum atomic E-state index is 13.9. The highest BCUT2D eigenvalue weighted by molar-refractivity contribution is 7.92. The molecular weight excluding hydrogens is 320 g/mol. The lowest BCUT2D eigenvalue weighted by Gasteiger charge is -2.08. The van der Waals surface area contributed by atoms with Gasteiger partial charge in [0.25, 0.3) is 10.0 Å². The van der Waals surface area contributed by atoms with Gasteiger partial charge < -0.3 is 4.42 Å². The van der Waals surface area contributed by atoms with Gasteiger partial charge >= 0.3 is 5.76 Å². The second-order valence-corrected chi connectivity index (χ2v) is 5.90. The first-order valence-electron chi connectivity index (χ1n) is 5.83. The second-order valence-electron chi connectivity index (χ2n) is 4.24. The summed E-state index contributed by atoms with van der Waals surface area (Å²) in [5.74, 6) is -3.15. The van der Waals surface area contributed by atoms with Crippen molar-refractivity contribution in [3.05, 3.63) is 52.6 Å². The molecule has 0 radical (unpaired) electrons. The lowest BCUT2D eigenvalue weighted by molar-refractivity contribution is 0.548. The zero-order chi connectivity index (χ0) is 15.9. The van der Waals surface area contributed by atoms with Crippen LogP contribution in [-0.2, 0) is 10.0 Å². The Morgan fingerprint density at radius 3 is 2.73 bits per heavy atom. The van der Waals surface area contributed by atoms with Gasteiger partial charge in [0.05, 0.1) is 5.52 Å². The number of hydrogen-bond acceptors (Lipinski definition) is 5. The Bertz CT molecular complexity index is 1030. The van der Waals surface area contributed by atoms with Crippen molar-refractivity contribution in [1.29, 1.82) is 0 Å². The molecule has 7 nitrogen and oxygen atoms in total. The third-order valence-electron chi connectivity index (χ3n) is 2.72. The van der Waals surface area contributed by atoms with Crippen LogP contribution in [0.1, 0.15) is 0 Å². The van der Waals surface area contributed by atoms with Gasteiger partial charge in [0, 0.05) is 12.1 Å². The fourth-order valence-electron chi connectivity index (χ4n) is 1.82. The number of fused-ring (bicyclic) bond motifs is 1. The smallest absolute Gasteiger partial charge is 0.408 e. The van der Waals surface area contributed by atoms with Crippen LogP contribution < -0.4 is 10.5 Å². The predicted octanol–water partition coefficient (Wildman–Crippen LogP) is 1.60. The number of benzene rings is 1. The molecule has 0 atom stereocenters. The van der Waals surface area contributed by atoms with Gasteiger partial charge in [-0.2, -0.15) is 4.39 Å². The molecule has 0 saturated carbocycles. The van der Waals surface area contributed by atoms with Crippen molar-refractivity contribution in [3.8, 4) is 0 Å². The van der Waals surface area contributed by atoms with Crippen LogP contribution in [0, 0.1) is 11.8 Å². The molecule has 0 bridgehead atoms. The van der Waals surface area contributed by atoms with Crippen LogP contribution in [0.15, 0.2) is 44.4 Å². The number of hydrogen-bond donors (Lipinski definition) is 2. The lowest BCUT2D eigenvalue weighted by Crippen LogP contribution is -2.15. The molecule has 3 rings (SSSR count). The Hall–Kier alpha value is -2.75. The van der Waals surface area contributed by atoms with Gasteiger partial charge in [-0.3, -0.25) is 9.71 Å². The van der Waals surface area contributed by atoms with Gasteiger partial charge in [-0.25, -0.2) is 22.6 Å². The lowest BCUT2D eigenvalue weighted by atomic mass is 10.3. The Morgan fingerprint density at radius 1 is 1.23 bits per heavy atom. The summed E-state index contributed by atoms with van der Waals surface area (Å²) < 4.78 is 57.8. The highest BCUT2D eigenvalue weighted by atomic mass is 32.2. The van der Waals surface area contributed by atoms with Crippen molar-refractivity contribution < 1.29 is 21.6 Å². The second kappa shape index (κ2) is 4.91. The van der Waals surface area contributed by atoms with E-state index >= 15 is 0 Å². The fourth-order valence-corrected chi connectivity index (χ4v) is 2.89. The molecule has 1 aromatic carbocycles. The number of aromatic nitrogens is 2.